The molecule has 0 radical (unpaired) electrons. The summed E-state index contributed by atoms with van der Waals surface area (Å²) >= 11 is 0. The number of aromatic nitrogens is 1. The molecule has 0 amide bonds. The van der Waals surface area contributed by atoms with Crippen molar-refractivity contribution in [2.75, 3.05) is 48.8 Å². The van der Waals surface area contributed by atoms with Crippen LogP contribution in [0.3, 0.4) is 0 Å². The Labute approximate surface area is 189 Å². The Morgan fingerprint density at radius 3 is 2.75 bits per heavy atom. The van der Waals surface area contributed by atoms with Crippen molar-refractivity contribution in [2.24, 2.45) is 11.1 Å². The normalized spacial score (nSPS) is 20.2. The molecule has 3 aromatic rings. The number of fused-ring (bicyclic) bond motifs is 2. The standard InChI is InChI=1S/C24H30N4O3S/c1-17-6-7-20-19(10-17)21(26-14-24(13-25)15-31-16-24)11-23(27-20)28-8-9-32(29,30)22-5-3-2-4-18(22)12-28/h2-7,10-11,29-30H,8-9,12-16,25H2,1H3,(H,26,27). The molecule has 0 unspecified atom stereocenters. The van der Waals surface area contributed by atoms with Crippen LogP contribution in [0.1, 0.15) is 11.1 Å². The van der Waals surface area contributed by atoms with Crippen LogP contribution in [0, 0.1) is 12.3 Å². The first kappa shape index (κ1) is 21.5. The molecule has 2 aromatic carbocycles. The van der Waals surface area contributed by atoms with E-state index in [1.165, 1.54) is 5.56 Å². The second kappa shape index (κ2) is 8.20. The minimum atomic E-state index is -2.82. The first-order chi connectivity index (χ1) is 15.4. The van der Waals surface area contributed by atoms with Crippen LogP contribution in [0.25, 0.3) is 10.9 Å². The minimum Gasteiger partial charge on any atom is -0.384 e. The van der Waals surface area contributed by atoms with Gasteiger partial charge in [0.05, 0.1) is 29.4 Å². The summed E-state index contributed by atoms with van der Waals surface area (Å²) in [5.74, 6) is 1.11. The van der Waals surface area contributed by atoms with E-state index in [2.05, 4.69) is 35.3 Å². The summed E-state index contributed by atoms with van der Waals surface area (Å²) in [4.78, 5) is 7.72. The highest BCUT2D eigenvalue weighted by molar-refractivity contribution is 8.24. The quantitative estimate of drug-likeness (QED) is 0.461. The van der Waals surface area contributed by atoms with Crippen molar-refractivity contribution >= 4 is 33.0 Å². The van der Waals surface area contributed by atoms with Crippen molar-refractivity contribution < 1.29 is 13.8 Å². The summed E-state index contributed by atoms with van der Waals surface area (Å²) in [6, 6.07) is 15.9. The lowest BCUT2D eigenvalue weighted by atomic mass is 9.86. The molecule has 8 heteroatoms. The second-order valence-electron chi connectivity index (χ2n) is 9.00. The van der Waals surface area contributed by atoms with Crippen LogP contribution in [0.5, 0.6) is 0 Å². The fourth-order valence-corrected chi connectivity index (χ4v) is 5.92. The molecule has 0 bridgehead atoms. The molecule has 1 aromatic heterocycles. The number of hydrogen-bond acceptors (Lipinski definition) is 7. The van der Waals surface area contributed by atoms with E-state index in [9.17, 15) is 9.11 Å². The number of ether oxygens (including phenoxy) is 1. The molecular weight excluding hydrogens is 424 g/mol. The minimum absolute atomic E-state index is 0.0299. The predicted molar refractivity (Wildman–Crippen MR) is 131 cm³/mol. The molecule has 2 aliphatic rings. The molecule has 2 aliphatic heterocycles. The topological polar surface area (TPSA) is 104 Å². The monoisotopic (exact) mass is 454 g/mol. The molecule has 1 fully saturated rings. The van der Waals surface area contributed by atoms with E-state index in [0.29, 0.717) is 37.7 Å². The maximum absolute atomic E-state index is 10.7. The van der Waals surface area contributed by atoms with E-state index in [1.54, 1.807) is 0 Å². The highest BCUT2D eigenvalue weighted by atomic mass is 32.3. The maximum Gasteiger partial charge on any atom is 0.131 e. The van der Waals surface area contributed by atoms with Gasteiger partial charge in [-0.25, -0.2) is 4.98 Å². The van der Waals surface area contributed by atoms with Crippen LogP contribution in [0.2, 0.25) is 0 Å². The van der Waals surface area contributed by atoms with Gasteiger partial charge in [-0.05, 0) is 30.7 Å². The molecule has 5 rings (SSSR count). The fraction of sp³-hybridized carbons (Fsp3) is 0.375. The van der Waals surface area contributed by atoms with E-state index in [1.807, 2.05) is 30.3 Å². The Morgan fingerprint density at radius 2 is 2.00 bits per heavy atom. The molecule has 0 atom stereocenters. The van der Waals surface area contributed by atoms with Crippen molar-refractivity contribution in [3.63, 3.8) is 0 Å². The van der Waals surface area contributed by atoms with Gasteiger partial charge in [0.2, 0.25) is 0 Å². The third-order valence-electron chi connectivity index (χ3n) is 6.51. The van der Waals surface area contributed by atoms with E-state index in [0.717, 1.165) is 34.5 Å². The van der Waals surface area contributed by atoms with Crippen LogP contribution < -0.4 is 16.0 Å². The number of nitrogens with two attached hydrogens (primary N) is 1. The summed E-state index contributed by atoms with van der Waals surface area (Å²) in [5, 5.41) is 4.69. The van der Waals surface area contributed by atoms with Crippen molar-refractivity contribution in [1.29, 1.82) is 0 Å². The summed E-state index contributed by atoms with van der Waals surface area (Å²) < 4.78 is 26.9. The van der Waals surface area contributed by atoms with Crippen molar-refractivity contribution in [1.82, 2.24) is 4.98 Å². The van der Waals surface area contributed by atoms with Crippen LogP contribution in [-0.4, -0.2) is 52.7 Å². The zero-order valence-corrected chi connectivity index (χ0v) is 19.1. The third kappa shape index (κ3) is 3.93. The second-order valence-corrected chi connectivity index (χ2v) is 11.2. The fourth-order valence-electron chi connectivity index (χ4n) is 4.38. The summed E-state index contributed by atoms with van der Waals surface area (Å²) in [6.07, 6.45) is 0. The van der Waals surface area contributed by atoms with E-state index < -0.39 is 10.6 Å². The molecule has 170 valence electrons. The lowest BCUT2D eigenvalue weighted by Gasteiger charge is -2.40. The number of nitrogens with zero attached hydrogens (tertiary/aromatic N) is 2. The lowest BCUT2D eigenvalue weighted by Crippen LogP contribution is -2.52. The number of benzene rings is 2. The van der Waals surface area contributed by atoms with Gasteiger partial charge in [0, 0.05) is 48.7 Å². The Morgan fingerprint density at radius 1 is 1.19 bits per heavy atom. The first-order valence-corrected chi connectivity index (χ1v) is 12.6. The van der Waals surface area contributed by atoms with Crippen LogP contribution in [0.4, 0.5) is 11.5 Å². The zero-order chi connectivity index (χ0) is 22.3. The zero-order valence-electron chi connectivity index (χ0n) is 18.3. The van der Waals surface area contributed by atoms with Gasteiger partial charge in [0.1, 0.15) is 5.82 Å². The third-order valence-corrected chi connectivity index (χ3v) is 8.36. The van der Waals surface area contributed by atoms with Gasteiger partial charge in [-0.15, -0.1) is 0 Å². The van der Waals surface area contributed by atoms with Crippen molar-refractivity contribution in [2.45, 2.75) is 18.4 Å². The summed E-state index contributed by atoms with van der Waals surface area (Å²) in [7, 11) is -2.82. The van der Waals surface area contributed by atoms with Gasteiger partial charge in [-0.2, -0.15) is 10.6 Å². The Bertz CT molecular complexity index is 1140. The van der Waals surface area contributed by atoms with Crippen LogP contribution in [-0.2, 0) is 11.3 Å². The van der Waals surface area contributed by atoms with Gasteiger partial charge < -0.3 is 20.7 Å². The Balaban J connectivity index is 1.52. The molecule has 5 N–H and O–H groups in total. The molecule has 0 aliphatic carbocycles. The lowest BCUT2D eigenvalue weighted by molar-refractivity contribution is -0.0979. The van der Waals surface area contributed by atoms with Gasteiger partial charge in [-0.3, -0.25) is 9.11 Å². The molecular formula is C24H30N4O3S. The molecule has 7 nitrogen and oxygen atoms in total. The number of pyridine rings is 1. The molecule has 32 heavy (non-hydrogen) atoms. The predicted octanol–water partition coefficient (Wildman–Crippen LogP) is 4.06. The first-order valence-electron chi connectivity index (χ1n) is 10.9. The number of rotatable bonds is 5. The van der Waals surface area contributed by atoms with Crippen molar-refractivity contribution in [3.8, 4) is 0 Å². The Kier molecular flexibility index (Phi) is 5.51. The molecule has 1 saturated heterocycles. The highest BCUT2D eigenvalue weighted by Gasteiger charge is 2.37. The largest absolute Gasteiger partial charge is 0.384 e. The number of aryl methyl sites for hydroxylation is 1. The van der Waals surface area contributed by atoms with Crippen molar-refractivity contribution in [3.05, 3.63) is 59.7 Å². The van der Waals surface area contributed by atoms with Gasteiger partial charge in [-0.1, -0.05) is 29.8 Å². The highest BCUT2D eigenvalue weighted by Crippen LogP contribution is 2.51. The van der Waals surface area contributed by atoms with Gasteiger partial charge in [0.15, 0.2) is 0 Å². The van der Waals surface area contributed by atoms with Crippen LogP contribution in [0.15, 0.2) is 53.4 Å². The molecule has 0 saturated carbocycles. The van der Waals surface area contributed by atoms with E-state index in [-0.39, 0.29) is 11.2 Å². The summed E-state index contributed by atoms with van der Waals surface area (Å²) in [6.45, 7) is 5.83. The number of hydrogen-bond donors (Lipinski definition) is 4. The number of nitrogens with one attached hydrogen (secondary N) is 1. The molecule has 0 spiro atoms. The average Bonchev–Trinajstić information content (AvgIpc) is 2.89. The maximum atomic E-state index is 10.7. The van der Waals surface area contributed by atoms with Gasteiger partial charge >= 0.3 is 0 Å². The summed E-state index contributed by atoms with van der Waals surface area (Å²) in [5.41, 5.74) is 10.0. The number of anilines is 2. The molecule has 3 heterocycles. The van der Waals surface area contributed by atoms with Crippen LogP contribution >= 0.6 is 10.6 Å². The Hall–Kier alpha value is -2.36. The smallest absolute Gasteiger partial charge is 0.131 e. The van der Waals surface area contributed by atoms with E-state index in [4.69, 9.17) is 15.5 Å². The van der Waals surface area contributed by atoms with Gasteiger partial charge in [0.25, 0.3) is 0 Å². The SMILES string of the molecule is Cc1ccc2nc(N3CCS(O)(O)c4ccccc4C3)cc(NCC3(CN)COC3)c2c1. The average molecular weight is 455 g/mol. The van der Waals surface area contributed by atoms with E-state index >= 15 is 0 Å².